The highest BCUT2D eigenvalue weighted by Gasteiger charge is 2.34. The van der Waals surface area contributed by atoms with Gasteiger partial charge in [0.2, 0.25) is 5.91 Å². The molecule has 2 amide bonds. The van der Waals surface area contributed by atoms with E-state index in [1.165, 1.54) is 0 Å². The van der Waals surface area contributed by atoms with E-state index in [1.54, 1.807) is 9.80 Å². The van der Waals surface area contributed by atoms with Crippen LogP contribution in [0.2, 0.25) is 0 Å². The third kappa shape index (κ3) is 5.35. The number of rotatable bonds is 7. The van der Waals surface area contributed by atoms with Crippen LogP contribution < -0.4 is 9.80 Å². The van der Waals surface area contributed by atoms with E-state index in [0.29, 0.717) is 13.0 Å². The number of fused-ring (bicyclic) bond motifs is 1. The number of benzene rings is 3. The molecule has 0 aromatic heterocycles. The number of carbonyl (C=O) groups excluding carboxylic acids is 2. The Labute approximate surface area is 208 Å². The van der Waals surface area contributed by atoms with Gasteiger partial charge in [0, 0.05) is 23.4 Å². The van der Waals surface area contributed by atoms with E-state index < -0.39 is 6.04 Å². The first kappa shape index (κ1) is 24.4. The van der Waals surface area contributed by atoms with Gasteiger partial charge in [-0.1, -0.05) is 74.5 Å². The summed E-state index contributed by atoms with van der Waals surface area (Å²) in [6.07, 6.45) is 0.614. The number of amides is 2. The summed E-state index contributed by atoms with van der Waals surface area (Å²) in [4.78, 5) is 35.9. The molecular weight excluding hydrogens is 434 g/mol. The van der Waals surface area contributed by atoms with Gasteiger partial charge in [-0.25, -0.2) is 0 Å². The predicted octanol–water partition coefficient (Wildman–Crippen LogP) is 5.65. The van der Waals surface area contributed by atoms with Crippen LogP contribution in [-0.4, -0.2) is 36.7 Å². The van der Waals surface area contributed by atoms with Crippen LogP contribution in [0.5, 0.6) is 0 Å². The second-order valence-corrected chi connectivity index (χ2v) is 9.41. The molecule has 5 nitrogen and oxygen atoms in total. The molecule has 0 N–H and O–H groups in total. The maximum atomic E-state index is 13.9. The van der Waals surface area contributed by atoms with Crippen molar-refractivity contribution in [3.05, 3.63) is 95.6 Å². The molecule has 1 heterocycles. The van der Waals surface area contributed by atoms with Gasteiger partial charge in [0.25, 0.3) is 5.91 Å². The number of nitrogens with zero attached hydrogens (tertiary/aromatic N) is 3. The summed E-state index contributed by atoms with van der Waals surface area (Å²) in [5.41, 5.74) is 5.27. The van der Waals surface area contributed by atoms with Crippen LogP contribution in [0.15, 0.2) is 83.9 Å². The number of carbonyl (C=O) groups is 2. The van der Waals surface area contributed by atoms with Crippen molar-refractivity contribution in [3.63, 3.8) is 0 Å². The lowest BCUT2D eigenvalue weighted by Crippen LogP contribution is -2.46. The van der Waals surface area contributed by atoms with E-state index in [1.807, 2.05) is 92.7 Å². The Morgan fingerprint density at radius 2 is 1.71 bits per heavy atom. The number of hydrogen-bond donors (Lipinski definition) is 0. The van der Waals surface area contributed by atoms with Gasteiger partial charge in [0.1, 0.15) is 12.6 Å². The molecule has 5 heteroatoms. The molecular formula is C30H33N3O2. The molecule has 0 aliphatic carbocycles. The number of aryl methyl sites for hydroxylation is 1. The van der Waals surface area contributed by atoms with Crippen LogP contribution in [0.4, 0.5) is 11.4 Å². The Morgan fingerprint density at radius 1 is 1.00 bits per heavy atom. The average Bonchev–Trinajstić information content (AvgIpc) is 2.95. The number of likely N-dealkylation sites (N-methyl/N-ethyl adjacent to an activating group) is 1. The maximum absolute atomic E-state index is 13.9. The van der Waals surface area contributed by atoms with E-state index in [0.717, 1.165) is 33.8 Å². The Balaban J connectivity index is 1.77. The van der Waals surface area contributed by atoms with Crippen LogP contribution in [0, 0.1) is 12.8 Å². The average molecular weight is 468 g/mol. The van der Waals surface area contributed by atoms with Crippen molar-refractivity contribution in [1.29, 1.82) is 0 Å². The summed E-state index contributed by atoms with van der Waals surface area (Å²) in [5.74, 6) is 0.0290. The molecule has 0 fully saturated rings. The van der Waals surface area contributed by atoms with Gasteiger partial charge < -0.3 is 9.80 Å². The lowest BCUT2D eigenvalue weighted by Gasteiger charge is -2.29. The standard InChI is InChI=1S/C30H33N3O2/c1-5-32(24-15-11-12-22(4)19-24)28(34)20-33-27-17-10-9-16-25(27)29(23-13-7-6-8-14-23)31-26(30(33)35)18-21(2)3/h6-17,19,21,26H,5,18,20H2,1-4H3. The number of para-hydroxylation sites is 1. The highest BCUT2D eigenvalue weighted by Crippen LogP contribution is 2.30. The van der Waals surface area contributed by atoms with Gasteiger partial charge in [-0.2, -0.15) is 0 Å². The smallest absolute Gasteiger partial charge is 0.252 e. The van der Waals surface area contributed by atoms with Gasteiger partial charge >= 0.3 is 0 Å². The topological polar surface area (TPSA) is 53.0 Å². The Bertz CT molecular complexity index is 1230. The molecule has 35 heavy (non-hydrogen) atoms. The summed E-state index contributed by atoms with van der Waals surface area (Å²) in [7, 11) is 0. The highest BCUT2D eigenvalue weighted by molar-refractivity contribution is 6.21. The first-order valence-electron chi connectivity index (χ1n) is 12.3. The van der Waals surface area contributed by atoms with Crippen molar-refractivity contribution < 1.29 is 9.59 Å². The molecule has 0 saturated carbocycles. The molecule has 1 aliphatic rings. The lowest BCUT2D eigenvalue weighted by atomic mass is 10.00. The van der Waals surface area contributed by atoms with Gasteiger partial charge in [-0.05, 0) is 49.9 Å². The van der Waals surface area contributed by atoms with Crippen LogP contribution in [0.1, 0.15) is 43.9 Å². The van der Waals surface area contributed by atoms with E-state index in [2.05, 4.69) is 13.8 Å². The summed E-state index contributed by atoms with van der Waals surface area (Å²) in [5, 5.41) is 0. The van der Waals surface area contributed by atoms with Gasteiger partial charge in [0.05, 0.1) is 11.4 Å². The molecule has 3 aromatic rings. The van der Waals surface area contributed by atoms with Gasteiger partial charge in [-0.3, -0.25) is 14.6 Å². The monoisotopic (exact) mass is 467 g/mol. The minimum Gasteiger partial charge on any atom is -0.311 e. The molecule has 0 saturated heterocycles. The number of anilines is 2. The van der Waals surface area contributed by atoms with Crippen molar-refractivity contribution in [3.8, 4) is 0 Å². The third-order valence-corrected chi connectivity index (χ3v) is 6.25. The number of hydrogen-bond acceptors (Lipinski definition) is 3. The first-order chi connectivity index (χ1) is 16.9. The molecule has 0 radical (unpaired) electrons. The van der Waals surface area contributed by atoms with Crippen LogP contribution in [-0.2, 0) is 9.59 Å². The molecule has 180 valence electrons. The highest BCUT2D eigenvalue weighted by atomic mass is 16.2. The van der Waals surface area contributed by atoms with E-state index >= 15 is 0 Å². The van der Waals surface area contributed by atoms with Gasteiger partial charge in [0.15, 0.2) is 0 Å². The normalized spacial score (nSPS) is 15.5. The van der Waals surface area contributed by atoms with Crippen molar-refractivity contribution in [1.82, 2.24) is 0 Å². The van der Waals surface area contributed by atoms with Crippen LogP contribution in [0.3, 0.4) is 0 Å². The van der Waals surface area contributed by atoms with E-state index in [4.69, 9.17) is 4.99 Å². The summed E-state index contributed by atoms with van der Waals surface area (Å²) >= 11 is 0. The molecule has 1 aliphatic heterocycles. The van der Waals surface area contributed by atoms with Gasteiger partial charge in [-0.15, -0.1) is 0 Å². The zero-order chi connectivity index (χ0) is 24.9. The number of benzodiazepines with no additional fused rings is 1. The van der Waals surface area contributed by atoms with Crippen molar-refractivity contribution in [2.24, 2.45) is 10.9 Å². The number of aliphatic imine (C=N–C) groups is 1. The third-order valence-electron chi connectivity index (χ3n) is 6.25. The Morgan fingerprint density at radius 3 is 2.40 bits per heavy atom. The molecule has 1 unspecified atom stereocenters. The SMILES string of the molecule is CCN(C(=O)CN1C(=O)C(CC(C)C)N=C(c2ccccc2)c2ccccc21)c1cccc(C)c1. The largest absolute Gasteiger partial charge is 0.311 e. The second-order valence-electron chi connectivity index (χ2n) is 9.41. The fraction of sp³-hybridized carbons (Fsp3) is 0.300. The van der Waals surface area contributed by atoms with Crippen LogP contribution in [0.25, 0.3) is 0 Å². The zero-order valence-corrected chi connectivity index (χ0v) is 20.9. The molecule has 3 aromatic carbocycles. The van der Waals surface area contributed by atoms with Crippen molar-refractivity contribution in [2.45, 2.75) is 40.2 Å². The summed E-state index contributed by atoms with van der Waals surface area (Å²) in [6.45, 7) is 8.63. The Hall–Kier alpha value is -3.73. The lowest BCUT2D eigenvalue weighted by molar-refractivity contribution is -0.123. The molecule has 0 bridgehead atoms. The minimum atomic E-state index is -0.556. The fourth-order valence-corrected chi connectivity index (χ4v) is 4.60. The fourth-order valence-electron chi connectivity index (χ4n) is 4.60. The maximum Gasteiger partial charge on any atom is 0.252 e. The van der Waals surface area contributed by atoms with Crippen molar-refractivity contribution >= 4 is 28.9 Å². The van der Waals surface area contributed by atoms with E-state index in [-0.39, 0.29) is 24.3 Å². The second kappa shape index (κ2) is 10.7. The zero-order valence-electron chi connectivity index (χ0n) is 20.9. The Kier molecular flexibility index (Phi) is 7.45. The molecule has 0 spiro atoms. The summed E-state index contributed by atoms with van der Waals surface area (Å²) in [6, 6.07) is 25.1. The van der Waals surface area contributed by atoms with E-state index in [9.17, 15) is 9.59 Å². The van der Waals surface area contributed by atoms with Crippen molar-refractivity contribution in [2.75, 3.05) is 22.9 Å². The molecule has 4 rings (SSSR count). The summed E-state index contributed by atoms with van der Waals surface area (Å²) < 4.78 is 0. The minimum absolute atomic E-state index is 0.0379. The van der Waals surface area contributed by atoms with Crippen LogP contribution >= 0.6 is 0 Å². The predicted molar refractivity (Wildman–Crippen MR) is 143 cm³/mol. The quantitative estimate of drug-likeness (QED) is 0.451. The molecule has 1 atom stereocenters. The first-order valence-corrected chi connectivity index (χ1v) is 12.3.